The third-order valence-electron chi connectivity index (χ3n) is 5.74. The first-order chi connectivity index (χ1) is 9.81. The molecular weight excluding hydrogens is 279 g/mol. The first-order valence-electron chi connectivity index (χ1n) is 8.25. The largest absolute Gasteiger partial charge is 0.391 e. The Morgan fingerprint density at radius 3 is 2.24 bits per heavy atom. The molecule has 2 aliphatic carbocycles. The van der Waals surface area contributed by atoms with Crippen LogP contribution in [-0.4, -0.2) is 31.0 Å². The van der Waals surface area contributed by atoms with Gasteiger partial charge in [-0.2, -0.15) is 13.2 Å². The van der Waals surface area contributed by atoms with Gasteiger partial charge in [0.05, 0.1) is 12.0 Å². The van der Waals surface area contributed by atoms with Crippen LogP contribution in [0.4, 0.5) is 13.2 Å². The van der Waals surface area contributed by atoms with E-state index in [1.54, 1.807) is 0 Å². The van der Waals surface area contributed by atoms with E-state index in [1.165, 1.54) is 0 Å². The Morgan fingerprint density at radius 1 is 1.14 bits per heavy atom. The van der Waals surface area contributed by atoms with Crippen molar-refractivity contribution in [3.63, 3.8) is 0 Å². The van der Waals surface area contributed by atoms with Gasteiger partial charge in [0.2, 0.25) is 0 Å². The molecule has 1 N–H and O–H groups in total. The van der Waals surface area contributed by atoms with Crippen molar-refractivity contribution in [1.29, 1.82) is 0 Å². The molecule has 0 aromatic carbocycles. The lowest BCUT2D eigenvalue weighted by molar-refractivity contribution is -0.183. The molecule has 0 aromatic rings. The van der Waals surface area contributed by atoms with Crippen LogP contribution < -0.4 is 5.32 Å². The topological polar surface area (TPSA) is 21.3 Å². The van der Waals surface area contributed by atoms with Crippen molar-refractivity contribution in [3.8, 4) is 0 Å². The molecule has 0 amide bonds. The Morgan fingerprint density at radius 2 is 1.76 bits per heavy atom. The van der Waals surface area contributed by atoms with Crippen molar-refractivity contribution in [1.82, 2.24) is 5.32 Å². The molecule has 2 nitrogen and oxygen atoms in total. The van der Waals surface area contributed by atoms with E-state index in [1.807, 2.05) is 6.92 Å². The van der Waals surface area contributed by atoms with E-state index < -0.39 is 12.1 Å². The number of hydrogen-bond donors (Lipinski definition) is 1. The standard InChI is InChI=1S/C16H28F3NO/c1-4-15(3)13(10-14(15)21-5-2)20-12-8-6-11(7-9-12)16(17,18)19/h11-14,20H,4-10H2,1-3H3. The van der Waals surface area contributed by atoms with E-state index in [2.05, 4.69) is 19.2 Å². The molecule has 0 bridgehead atoms. The van der Waals surface area contributed by atoms with E-state index in [-0.39, 0.29) is 30.4 Å². The summed E-state index contributed by atoms with van der Waals surface area (Å²) < 4.78 is 43.8. The van der Waals surface area contributed by atoms with E-state index in [4.69, 9.17) is 4.74 Å². The van der Waals surface area contributed by atoms with Gasteiger partial charge in [0.25, 0.3) is 0 Å². The summed E-state index contributed by atoms with van der Waals surface area (Å²) in [5.41, 5.74) is 0.122. The van der Waals surface area contributed by atoms with E-state index in [0.29, 0.717) is 18.9 Å². The second-order valence-electron chi connectivity index (χ2n) is 6.85. The highest BCUT2D eigenvalue weighted by Gasteiger charge is 2.52. The molecule has 0 saturated heterocycles. The van der Waals surface area contributed by atoms with Crippen molar-refractivity contribution < 1.29 is 17.9 Å². The van der Waals surface area contributed by atoms with Gasteiger partial charge in [-0.3, -0.25) is 0 Å². The van der Waals surface area contributed by atoms with Crippen LogP contribution in [0.25, 0.3) is 0 Å². The highest BCUT2D eigenvalue weighted by Crippen LogP contribution is 2.47. The molecule has 3 unspecified atom stereocenters. The van der Waals surface area contributed by atoms with Gasteiger partial charge in [0.15, 0.2) is 0 Å². The average molecular weight is 307 g/mol. The zero-order valence-corrected chi connectivity index (χ0v) is 13.3. The SMILES string of the molecule is CCOC1CC(NC2CCC(C(F)(F)F)CC2)C1(C)CC. The van der Waals surface area contributed by atoms with Crippen LogP contribution in [0.2, 0.25) is 0 Å². The van der Waals surface area contributed by atoms with Crippen LogP contribution in [0.1, 0.15) is 59.3 Å². The molecule has 2 fully saturated rings. The van der Waals surface area contributed by atoms with Crippen molar-refractivity contribution in [2.45, 2.75) is 83.7 Å². The zero-order valence-electron chi connectivity index (χ0n) is 13.3. The predicted molar refractivity (Wildman–Crippen MR) is 77.2 cm³/mol. The monoisotopic (exact) mass is 307 g/mol. The molecule has 124 valence electrons. The van der Waals surface area contributed by atoms with Crippen molar-refractivity contribution >= 4 is 0 Å². The number of nitrogens with one attached hydrogen (secondary N) is 1. The molecule has 2 aliphatic rings. The van der Waals surface area contributed by atoms with Gasteiger partial charge in [0.1, 0.15) is 0 Å². The highest BCUT2D eigenvalue weighted by atomic mass is 19.4. The number of hydrogen-bond acceptors (Lipinski definition) is 2. The van der Waals surface area contributed by atoms with Gasteiger partial charge in [-0.25, -0.2) is 0 Å². The maximum absolute atomic E-state index is 12.7. The number of rotatable bonds is 5. The van der Waals surface area contributed by atoms with Crippen molar-refractivity contribution in [3.05, 3.63) is 0 Å². The van der Waals surface area contributed by atoms with E-state index in [0.717, 1.165) is 19.4 Å². The normalized spacial score (nSPS) is 40.9. The summed E-state index contributed by atoms with van der Waals surface area (Å²) in [5, 5.41) is 3.61. The third-order valence-corrected chi connectivity index (χ3v) is 5.74. The second kappa shape index (κ2) is 6.45. The van der Waals surface area contributed by atoms with Gasteiger partial charge >= 0.3 is 6.18 Å². The highest BCUT2D eigenvalue weighted by molar-refractivity contribution is 5.05. The molecule has 2 saturated carbocycles. The van der Waals surface area contributed by atoms with Gasteiger partial charge in [-0.05, 0) is 45.4 Å². The fraction of sp³-hybridized carbons (Fsp3) is 1.00. The molecule has 2 rings (SSSR count). The lowest BCUT2D eigenvalue weighted by Gasteiger charge is -2.55. The number of halogens is 3. The molecule has 0 radical (unpaired) electrons. The van der Waals surface area contributed by atoms with E-state index in [9.17, 15) is 13.2 Å². The van der Waals surface area contributed by atoms with Gasteiger partial charge in [-0.1, -0.05) is 13.8 Å². The van der Waals surface area contributed by atoms with Crippen LogP contribution in [-0.2, 0) is 4.74 Å². The van der Waals surface area contributed by atoms with Gasteiger partial charge in [0, 0.05) is 24.1 Å². The minimum absolute atomic E-state index is 0.122. The van der Waals surface area contributed by atoms with Gasteiger partial charge < -0.3 is 10.1 Å². The Kier molecular flexibility index (Phi) is 5.24. The molecule has 21 heavy (non-hydrogen) atoms. The first-order valence-corrected chi connectivity index (χ1v) is 8.25. The fourth-order valence-electron chi connectivity index (χ4n) is 3.88. The van der Waals surface area contributed by atoms with Crippen LogP contribution in [0.5, 0.6) is 0 Å². The number of ether oxygens (including phenoxy) is 1. The maximum atomic E-state index is 12.7. The summed E-state index contributed by atoms with van der Waals surface area (Å²) in [4.78, 5) is 0. The quantitative estimate of drug-likeness (QED) is 0.818. The summed E-state index contributed by atoms with van der Waals surface area (Å²) in [6.07, 6.45) is 0.109. The summed E-state index contributed by atoms with van der Waals surface area (Å²) in [6, 6.07) is 0.619. The van der Waals surface area contributed by atoms with Crippen LogP contribution in [0, 0.1) is 11.3 Å². The van der Waals surface area contributed by atoms with Crippen LogP contribution >= 0.6 is 0 Å². The van der Waals surface area contributed by atoms with Gasteiger partial charge in [-0.15, -0.1) is 0 Å². The average Bonchev–Trinajstić information content (AvgIpc) is 2.45. The van der Waals surface area contributed by atoms with Crippen LogP contribution in [0.3, 0.4) is 0 Å². The lowest BCUT2D eigenvalue weighted by Crippen LogP contribution is -2.64. The molecule has 3 atom stereocenters. The third kappa shape index (κ3) is 3.55. The predicted octanol–water partition coefficient (Wildman–Crippen LogP) is 4.29. The Labute approximate surface area is 125 Å². The van der Waals surface area contributed by atoms with Crippen LogP contribution in [0.15, 0.2) is 0 Å². The minimum atomic E-state index is -4.01. The molecule has 5 heteroatoms. The Balaban J connectivity index is 1.82. The zero-order chi connectivity index (χ0) is 15.7. The van der Waals surface area contributed by atoms with Crippen molar-refractivity contribution in [2.24, 2.45) is 11.3 Å². The van der Waals surface area contributed by atoms with E-state index >= 15 is 0 Å². The molecule has 0 spiro atoms. The minimum Gasteiger partial charge on any atom is -0.378 e. The maximum Gasteiger partial charge on any atom is 0.391 e. The molecule has 0 aromatic heterocycles. The lowest BCUT2D eigenvalue weighted by atomic mass is 9.61. The summed E-state index contributed by atoms with van der Waals surface area (Å²) >= 11 is 0. The number of alkyl halides is 3. The first kappa shape index (κ1) is 17.1. The summed E-state index contributed by atoms with van der Waals surface area (Å²) in [7, 11) is 0. The summed E-state index contributed by atoms with van der Waals surface area (Å²) in [5.74, 6) is -1.09. The fourth-order valence-corrected chi connectivity index (χ4v) is 3.88. The second-order valence-corrected chi connectivity index (χ2v) is 6.85. The summed E-state index contributed by atoms with van der Waals surface area (Å²) in [6.45, 7) is 7.13. The smallest absolute Gasteiger partial charge is 0.378 e. The molecule has 0 heterocycles. The molecule has 0 aliphatic heterocycles. The Bertz CT molecular complexity index is 339. The molecular formula is C16H28F3NO. The Hall–Kier alpha value is -0.290. The van der Waals surface area contributed by atoms with Crippen molar-refractivity contribution in [2.75, 3.05) is 6.61 Å².